The molecule has 1 aliphatic carbocycles. The molecule has 0 spiro atoms. The molecule has 2 heterocycles. The molecule has 1 aromatic carbocycles. The Hall–Kier alpha value is -1.44. The number of benzene rings is 1. The summed E-state index contributed by atoms with van der Waals surface area (Å²) >= 11 is 0. The third-order valence-corrected chi connectivity index (χ3v) is 8.99. The van der Waals surface area contributed by atoms with E-state index in [0.717, 1.165) is 37.8 Å². The monoisotopic (exact) mass is 419 g/mol. The van der Waals surface area contributed by atoms with Gasteiger partial charge in [-0.15, -0.1) is 0 Å². The minimum Gasteiger partial charge on any atom is -0.325 e. The van der Waals surface area contributed by atoms with Crippen molar-refractivity contribution in [3.63, 3.8) is 0 Å². The van der Waals surface area contributed by atoms with E-state index in [4.69, 9.17) is 0 Å². The lowest BCUT2D eigenvalue weighted by atomic mass is 9.75. The molecule has 1 saturated carbocycles. The van der Waals surface area contributed by atoms with Crippen LogP contribution in [0.4, 0.5) is 5.69 Å². The van der Waals surface area contributed by atoms with E-state index in [1.54, 1.807) is 24.3 Å². The molecule has 1 aromatic rings. The summed E-state index contributed by atoms with van der Waals surface area (Å²) in [5.41, 5.74) is 0.648. The number of carbonyl (C=O) groups is 1. The molecule has 3 atom stereocenters. The average molecular weight is 420 g/mol. The fraction of sp³-hybridized carbons (Fsp3) is 0.682. The molecule has 29 heavy (non-hydrogen) atoms. The quantitative estimate of drug-likeness (QED) is 0.795. The van der Waals surface area contributed by atoms with Crippen LogP contribution < -0.4 is 5.32 Å². The Morgan fingerprint density at radius 2 is 1.62 bits per heavy atom. The zero-order valence-corrected chi connectivity index (χ0v) is 18.2. The van der Waals surface area contributed by atoms with Gasteiger partial charge in [0.05, 0.1) is 10.9 Å². The molecule has 1 N–H and O–H groups in total. The van der Waals surface area contributed by atoms with Crippen LogP contribution in [-0.4, -0.2) is 55.8 Å². The predicted molar refractivity (Wildman–Crippen MR) is 114 cm³/mol. The van der Waals surface area contributed by atoms with Crippen molar-refractivity contribution in [2.24, 2.45) is 11.8 Å². The van der Waals surface area contributed by atoms with Gasteiger partial charge in [-0.1, -0.05) is 19.3 Å². The summed E-state index contributed by atoms with van der Waals surface area (Å²) in [6.45, 7) is 5.17. The van der Waals surface area contributed by atoms with Crippen LogP contribution in [0.25, 0.3) is 0 Å². The molecule has 3 fully saturated rings. The summed E-state index contributed by atoms with van der Waals surface area (Å²) in [6.07, 6.45) is 8.37. The van der Waals surface area contributed by atoms with Crippen LogP contribution in [0.2, 0.25) is 0 Å². The van der Waals surface area contributed by atoms with Crippen LogP contribution in [0, 0.1) is 11.8 Å². The second-order valence-electron chi connectivity index (χ2n) is 8.89. The molecule has 0 bridgehead atoms. The maximum atomic E-state index is 12.8. The van der Waals surface area contributed by atoms with Gasteiger partial charge < -0.3 is 5.32 Å². The molecule has 0 unspecified atom stereocenters. The molecule has 0 aromatic heterocycles. The maximum absolute atomic E-state index is 12.8. The van der Waals surface area contributed by atoms with Gasteiger partial charge in [0.2, 0.25) is 15.9 Å². The molecule has 160 valence electrons. The predicted octanol–water partition coefficient (Wildman–Crippen LogP) is 3.31. The van der Waals surface area contributed by atoms with Crippen LogP contribution in [0.5, 0.6) is 0 Å². The second-order valence-corrected chi connectivity index (χ2v) is 10.8. The zero-order chi connectivity index (χ0) is 20.4. The Balaban J connectivity index is 1.35. The molecule has 1 amide bonds. The first kappa shape index (κ1) is 20.8. The number of nitrogens with zero attached hydrogens (tertiary/aromatic N) is 2. The van der Waals surface area contributed by atoms with Crippen molar-refractivity contribution < 1.29 is 13.2 Å². The summed E-state index contributed by atoms with van der Waals surface area (Å²) in [5.74, 6) is 1.57. The Morgan fingerprint density at radius 3 is 2.31 bits per heavy atom. The standard InChI is InChI=1S/C22H33N3O3S/c1-17(24-15-12-18-6-2-3-7-19(18)16-24)22(26)23-20-8-10-21(11-9-20)29(27,28)25-13-4-5-14-25/h8-11,17-19H,2-7,12-16H2,1H3,(H,23,26)/t17-,18-,19+/m0/s1. The molecule has 4 rings (SSSR count). The highest BCUT2D eigenvalue weighted by Crippen LogP contribution is 2.36. The van der Waals surface area contributed by atoms with Crippen molar-refractivity contribution in [2.45, 2.75) is 62.8 Å². The van der Waals surface area contributed by atoms with Crippen LogP contribution in [0.15, 0.2) is 29.2 Å². The van der Waals surface area contributed by atoms with Gasteiger partial charge in [0, 0.05) is 25.3 Å². The highest BCUT2D eigenvalue weighted by atomic mass is 32.2. The fourth-order valence-electron chi connectivity index (χ4n) is 5.18. The molecular weight excluding hydrogens is 386 g/mol. The lowest BCUT2D eigenvalue weighted by Crippen LogP contribution is -2.49. The Labute approximate surface area is 174 Å². The Bertz CT molecular complexity index is 818. The third-order valence-electron chi connectivity index (χ3n) is 7.07. The van der Waals surface area contributed by atoms with Crippen molar-refractivity contribution in [3.05, 3.63) is 24.3 Å². The minimum absolute atomic E-state index is 0.0191. The van der Waals surface area contributed by atoms with Gasteiger partial charge in [0.15, 0.2) is 0 Å². The maximum Gasteiger partial charge on any atom is 0.243 e. The summed E-state index contributed by atoms with van der Waals surface area (Å²) in [4.78, 5) is 15.4. The number of sulfonamides is 1. The van der Waals surface area contributed by atoms with E-state index < -0.39 is 10.0 Å². The number of hydrogen-bond donors (Lipinski definition) is 1. The lowest BCUT2D eigenvalue weighted by Gasteiger charge is -2.43. The van der Waals surface area contributed by atoms with Crippen molar-refractivity contribution in [3.8, 4) is 0 Å². The Kier molecular flexibility index (Phi) is 6.27. The Morgan fingerprint density at radius 1 is 0.966 bits per heavy atom. The van der Waals surface area contributed by atoms with E-state index in [2.05, 4.69) is 10.2 Å². The molecular formula is C22H33N3O3S. The second kappa shape index (κ2) is 8.74. The van der Waals surface area contributed by atoms with E-state index in [0.29, 0.717) is 23.7 Å². The van der Waals surface area contributed by atoms with Gasteiger partial charge in [-0.25, -0.2) is 8.42 Å². The smallest absolute Gasteiger partial charge is 0.243 e. The zero-order valence-electron chi connectivity index (χ0n) is 17.3. The van der Waals surface area contributed by atoms with E-state index in [-0.39, 0.29) is 11.9 Å². The van der Waals surface area contributed by atoms with Gasteiger partial charge in [-0.2, -0.15) is 4.31 Å². The fourth-order valence-corrected chi connectivity index (χ4v) is 6.70. The first-order valence-electron chi connectivity index (χ1n) is 11.1. The topological polar surface area (TPSA) is 69.7 Å². The molecule has 7 heteroatoms. The van der Waals surface area contributed by atoms with Gasteiger partial charge in [0.25, 0.3) is 0 Å². The number of rotatable bonds is 5. The van der Waals surface area contributed by atoms with E-state index >= 15 is 0 Å². The number of piperidine rings is 1. The number of anilines is 1. The normalized spacial score (nSPS) is 27.3. The van der Waals surface area contributed by atoms with Gasteiger partial charge in [-0.3, -0.25) is 9.69 Å². The van der Waals surface area contributed by atoms with E-state index in [9.17, 15) is 13.2 Å². The molecule has 3 aliphatic rings. The first-order valence-corrected chi connectivity index (χ1v) is 12.5. The average Bonchev–Trinajstić information content (AvgIpc) is 3.29. The lowest BCUT2D eigenvalue weighted by molar-refractivity contribution is -0.122. The number of nitrogens with one attached hydrogen (secondary N) is 1. The van der Waals surface area contributed by atoms with Crippen molar-refractivity contribution >= 4 is 21.6 Å². The van der Waals surface area contributed by atoms with Crippen molar-refractivity contribution in [1.82, 2.24) is 9.21 Å². The number of fused-ring (bicyclic) bond motifs is 1. The van der Waals surface area contributed by atoms with Gasteiger partial charge in [0.1, 0.15) is 0 Å². The minimum atomic E-state index is -3.42. The van der Waals surface area contributed by atoms with Gasteiger partial charge in [-0.05, 0) is 75.3 Å². The van der Waals surface area contributed by atoms with E-state index in [1.165, 1.54) is 36.4 Å². The van der Waals surface area contributed by atoms with Crippen molar-refractivity contribution in [2.75, 3.05) is 31.5 Å². The van der Waals surface area contributed by atoms with Crippen LogP contribution in [0.3, 0.4) is 0 Å². The molecule has 2 aliphatic heterocycles. The number of hydrogen-bond acceptors (Lipinski definition) is 4. The summed E-state index contributed by atoms with van der Waals surface area (Å²) in [5, 5.41) is 2.97. The van der Waals surface area contributed by atoms with Crippen molar-refractivity contribution in [1.29, 1.82) is 0 Å². The van der Waals surface area contributed by atoms with Crippen LogP contribution in [-0.2, 0) is 14.8 Å². The molecule has 0 radical (unpaired) electrons. The number of amides is 1. The highest BCUT2D eigenvalue weighted by Gasteiger charge is 2.34. The molecule has 2 saturated heterocycles. The summed E-state index contributed by atoms with van der Waals surface area (Å²) < 4.78 is 26.8. The third kappa shape index (κ3) is 4.52. The van der Waals surface area contributed by atoms with E-state index in [1.807, 2.05) is 6.92 Å². The molecule has 6 nitrogen and oxygen atoms in total. The van der Waals surface area contributed by atoms with Gasteiger partial charge >= 0.3 is 0 Å². The highest BCUT2D eigenvalue weighted by molar-refractivity contribution is 7.89. The number of likely N-dealkylation sites (tertiary alicyclic amines) is 1. The summed E-state index contributed by atoms with van der Waals surface area (Å²) in [7, 11) is -3.42. The van der Waals surface area contributed by atoms with Crippen LogP contribution in [0.1, 0.15) is 51.9 Å². The van der Waals surface area contributed by atoms with Crippen LogP contribution >= 0.6 is 0 Å². The number of carbonyl (C=O) groups excluding carboxylic acids is 1. The largest absolute Gasteiger partial charge is 0.325 e. The first-order chi connectivity index (χ1) is 13.9. The SMILES string of the molecule is C[C@@H](C(=O)Nc1ccc(S(=O)(=O)N2CCCC2)cc1)N1CC[C@@H]2CCCC[C@@H]2C1. The summed E-state index contributed by atoms with van der Waals surface area (Å²) in [6, 6.07) is 6.41.